The fourth-order valence-corrected chi connectivity index (χ4v) is 1.32. The molecule has 0 atom stereocenters. The molecule has 86 valence electrons. The van der Waals surface area contributed by atoms with Gasteiger partial charge in [-0.05, 0) is 12.1 Å². The summed E-state index contributed by atoms with van der Waals surface area (Å²) in [5, 5.41) is 5.48. The van der Waals surface area contributed by atoms with E-state index in [2.05, 4.69) is 10.6 Å². The van der Waals surface area contributed by atoms with Gasteiger partial charge in [-0.1, -0.05) is 12.1 Å². The second kappa shape index (κ2) is 5.05. The largest absolute Gasteiger partial charge is 0.366 e. The molecule has 0 saturated carbocycles. The Hall–Kier alpha value is -1.46. The lowest BCUT2D eigenvalue weighted by atomic mass is 10.2. The molecule has 1 aromatic carbocycles. The van der Waals surface area contributed by atoms with E-state index in [-0.39, 0.29) is 24.3 Å². The van der Waals surface area contributed by atoms with E-state index in [1.807, 2.05) is 0 Å². The fraction of sp³-hybridized carbons (Fsp3) is 0.364. The molecular formula is C11H13FN2O2. The number of rotatable bonds is 4. The van der Waals surface area contributed by atoms with Crippen molar-refractivity contribution in [3.63, 3.8) is 0 Å². The lowest BCUT2D eigenvalue weighted by Gasteiger charge is -2.26. The normalized spacial score (nSPS) is 15.6. The second-order valence-electron chi connectivity index (χ2n) is 3.62. The van der Waals surface area contributed by atoms with Crippen molar-refractivity contribution in [1.29, 1.82) is 0 Å². The second-order valence-corrected chi connectivity index (χ2v) is 3.62. The minimum absolute atomic E-state index is 0.0410. The van der Waals surface area contributed by atoms with E-state index in [1.54, 1.807) is 12.1 Å². The molecule has 5 heteroatoms. The number of halogens is 1. The van der Waals surface area contributed by atoms with Crippen LogP contribution in [-0.2, 0) is 9.53 Å². The Balaban J connectivity index is 1.80. The van der Waals surface area contributed by atoms with Crippen molar-refractivity contribution < 1.29 is 13.9 Å². The number of ether oxygens (including phenoxy) is 1. The Morgan fingerprint density at radius 2 is 2.25 bits per heavy atom. The van der Waals surface area contributed by atoms with Gasteiger partial charge in [0.25, 0.3) is 0 Å². The summed E-state index contributed by atoms with van der Waals surface area (Å²) >= 11 is 0. The zero-order valence-corrected chi connectivity index (χ0v) is 8.70. The average molecular weight is 224 g/mol. The molecule has 0 bridgehead atoms. The van der Waals surface area contributed by atoms with Gasteiger partial charge >= 0.3 is 0 Å². The molecule has 0 radical (unpaired) electrons. The van der Waals surface area contributed by atoms with Crippen molar-refractivity contribution >= 4 is 11.6 Å². The van der Waals surface area contributed by atoms with Crippen LogP contribution < -0.4 is 10.6 Å². The van der Waals surface area contributed by atoms with E-state index in [0.29, 0.717) is 0 Å². The van der Waals surface area contributed by atoms with Gasteiger partial charge in [-0.3, -0.25) is 4.79 Å². The number of nitrogens with one attached hydrogen (secondary N) is 2. The molecule has 4 nitrogen and oxygen atoms in total. The summed E-state index contributed by atoms with van der Waals surface area (Å²) in [4.78, 5) is 11.4. The molecule has 0 aliphatic carbocycles. The molecule has 0 spiro atoms. The highest BCUT2D eigenvalue weighted by Crippen LogP contribution is 2.12. The molecule has 1 amide bonds. The summed E-state index contributed by atoms with van der Waals surface area (Å²) in [6.07, 6.45) is 0.103. The first-order chi connectivity index (χ1) is 7.75. The third-order valence-electron chi connectivity index (χ3n) is 2.34. The zero-order chi connectivity index (χ0) is 11.4. The monoisotopic (exact) mass is 224 g/mol. The standard InChI is InChI=1S/C11H13FN2O2/c12-9-3-1-2-4-10(9)14-11(15)7-16-8-5-13-6-8/h1-4,8,13H,5-7H2,(H,14,15). The minimum Gasteiger partial charge on any atom is -0.366 e. The van der Waals surface area contributed by atoms with Crippen LogP contribution in [0.3, 0.4) is 0 Å². The van der Waals surface area contributed by atoms with Gasteiger partial charge < -0.3 is 15.4 Å². The molecule has 0 aromatic heterocycles. The van der Waals surface area contributed by atoms with Crippen molar-refractivity contribution in [3.8, 4) is 0 Å². The van der Waals surface area contributed by atoms with Crippen LogP contribution in [0.5, 0.6) is 0 Å². The van der Waals surface area contributed by atoms with Crippen LogP contribution in [-0.4, -0.2) is 31.7 Å². The average Bonchev–Trinajstić information content (AvgIpc) is 2.19. The predicted octanol–water partition coefficient (Wildman–Crippen LogP) is 0.753. The van der Waals surface area contributed by atoms with E-state index in [4.69, 9.17) is 4.74 Å². The summed E-state index contributed by atoms with van der Waals surface area (Å²) < 4.78 is 18.4. The van der Waals surface area contributed by atoms with Crippen LogP contribution in [0, 0.1) is 5.82 Å². The van der Waals surface area contributed by atoms with E-state index in [0.717, 1.165) is 13.1 Å². The van der Waals surface area contributed by atoms with Gasteiger partial charge in [-0.15, -0.1) is 0 Å². The first-order valence-corrected chi connectivity index (χ1v) is 5.12. The molecule has 1 aliphatic rings. The number of benzene rings is 1. The van der Waals surface area contributed by atoms with Crippen LogP contribution in [0.15, 0.2) is 24.3 Å². The lowest BCUT2D eigenvalue weighted by Crippen LogP contribution is -2.49. The van der Waals surface area contributed by atoms with Crippen molar-refractivity contribution in [2.45, 2.75) is 6.10 Å². The summed E-state index contributed by atoms with van der Waals surface area (Å²) in [6, 6.07) is 6.04. The topological polar surface area (TPSA) is 50.4 Å². The van der Waals surface area contributed by atoms with E-state index in [1.165, 1.54) is 12.1 Å². The minimum atomic E-state index is -0.443. The predicted molar refractivity (Wildman–Crippen MR) is 57.6 cm³/mol. The van der Waals surface area contributed by atoms with Crippen LogP contribution in [0.2, 0.25) is 0 Å². The molecule has 2 rings (SSSR count). The molecule has 2 N–H and O–H groups in total. The number of amides is 1. The Kier molecular flexibility index (Phi) is 3.48. The Labute approximate surface area is 92.8 Å². The van der Waals surface area contributed by atoms with Gasteiger partial charge in [0.1, 0.15) is 12.4 Å². The maximum atomic E-state index is 13.2. The smallest absolute Gasteiger partial charge is 0.250 e. The number of hydrogen-bond acceptors (Lipinski definition) is 3. The van der Waals surface area contributed by atoms with Gasteiger partial charge in [0, 0.05) is 13.1 Å². The zero-order valence-electron chi connectivity index (χ0n) is 8.70. The molecule has 1 aliphatic heterocycles. The van der Waals surface area contributed by atoms with Gasteiger partial charge in [-0.2, -0.15) is 0 Å². The van der Waals surface area contributed by atoms with Crippen LogP contribution >= 0.6 is 0 Å². The molecule has 1 saturated heterocycles. The van der Waals surface area contributed by atoms with E-state index >= 15 is 0 Å². The molecule has 16 heavy (non-hydrogen) atoms. The number of carbonyl (C=O) groups excluding carboxylic acids is 1. The molecule has 0 unspecified atom stereocenters. The highest BCUT2D eigenvalue weighted by molar-refractivity contribution is 5.91. The number of hydrogen-bond donors (Lipinski definition) is 2. The molecule has 1 aromatic rings. The highest BCUT2D eigenvalue weighted by Gasteiger charge is 2.18. The lowest BCUT2D eigenvalue weighted by molar-refractivity contribution is -0.123. The number of anilines is 1. The van der Waals surface area contributed by atoms with Crippen molar-refractivity contribution in [3.05, 3.63) is 30.1 Å². The van der Waals surface area contributed by atoms with Crippen molar-refractivity contribution in [2.75, 3.05) is 25.0 Å². The summed E-state index contributed by atoms with van der Waals surface area (Å²) in [7, 11) is 0. The maximum Gasteiger partial charge on any atom is 0.250 e. The molecule has 1 fully saturated rings. The quantitative estimate of drug-likeness (QED) is 0.793. The van der Waals surface area contributed by atoms with Gasteiger partial charge in [0.2, 0.25) is 5.91 Å². The number of carbonyl (C=O) groups is 1. The summed E-state index contributed by atoms with van der Waals surface area (Å²) in [6.45, 7) is 1.50. The molecular weight excluding hydrogens is 211 g/mol. The third kappa shape index (κ3) is 2.77. The number of para-hydroxylation sites is 1. The van der Waals surface area contributed by atoms with Crippen molar-refractivity contribution in [2.24, 2.45) is 0 Å². The Morgan fingerprint density at radius 1 is 1.50 bits per heavy atom. The third-order valence-corrected chi connectivity index (χ3v) is 2.34. The molecule has 1 heterocycles. The van der Waals surface area contributed by atoms with Gasteiger partial charge in [-0.25, -0.2) is 4.39 Å². The van der Waals surface area contributed by atoms with Gasteiger partial charge in [0.05, 0.1) is 11.8 Å². The van der Waals surface area contributed by atoms with Crippen molar-refractivity contribution in [1.82, 2.24) is 5.32 Å². The van der Waals surface area contributed by atoms with Gasteiger partial charge in [0.15, 0.2) is 0 Å². The summed E-state index contributed by atoms with van der Waals surface area (Å²) in [5.74, 6) is -0.779. The Bertz CT molecular complexity index is 380. The van der Waals surface area contributed by atoms with Crippen LogP contribution in [0.25, 0.3) is 0 Å². The van der Waals surface area contributed by atoms with E-state index in [9.17, 15) is 9.18 Å². The van der Waals surface area contributed by atoms with E-state index < -0.39 is 5.82 Å². The SMILES string of the molecule is O=C(COC1CNC1)Nc1ccccc1F. The first kappa shape index (κ1) is 11.0. The fourth-order valence-electron chi connectivity index (χ4n) is 1.32. The van der Waals surface area contributed by atoms with Crippen LogP contribution in [0.4, 0.5) is 10.1 Å². The Morgan fingerprint density at radius 3 is 2.88 bits per heavy atom. The van der Waals surface area contributed by atoms with Crippen LogP contribution in [0.1, 0.15) is 0 Å². The highest BCUT2D eigenvalue weighted by atomic mass is 19.1. The maximum absolute atomic E-state index is 13.2. The summed E-state index contributed by atoms with van der Waals surface area (Å²) in [5.41, 5.74) is 0.183. The first-order valence-electron chi connectivity index (χ1n) is 5.12.